The Kier molecular flexibility index (Phi) is 11.4. The number of hydrogen-bond donors (Lipinski definition) is 0. The monoisotopic (exact) mass is 258 g/mol. The summed E-state index contributed by atoms with van der Waals surface area (Å²) in [4.78, 5) is 0. The molecule has 2 fully saturated rings. The number of hydrogen-bond acceptors (Lipinski definition) is 0. The maximum Gasteiger partial charge on any atom is -0.0312 e. The maximum atomic E-state index is 6.14. The molecule has 0 bridgehead atoms. The van der Waals surface area contributed by atoms with Gasteiger partial charge in [-0.15, -0.1) is 0 Å². The Labute approximate surface area is 96.2 Å². The van der Waals surface area contributed by atoms with E-state index in [1.807, 2.05) is 64.2 Å². The van der Waals surface area contributed by atoms with E-state index < -0.39 is 23.3 Å². The van der Waals surface area contributed by atoms with Crippen LogP contribution >= 0.6 is 8.51 Å². The first-order valence-corrected chi connectivity index (χ1v) is 6.69. The standard InChI is InChI=1S/2C5H5.ClH.Zr.H/c2*1-2-4-5-3-1;;;/h2*1-5H;1H;;/q;;;+1;/p-1/i;;;;1+2. The molecule has 0 amide bonds. The summed E-state index contributed by atoms with van der Waals surface area (Å²) in [6, 6.07) is 0. The smallest absolute Gasteiger partial charge is 0.0312 e. The first-order chi connectivity index (χ1) is 6.41. The van der Waals surface area contributed by atoms with Crippen LogP contribution in [0.4, 0.5) is 0 Å². The summed E-state index contributed by atoms with van der Waals surface area (Å²) < 4.78 is 6.14. The van der Waals surface area contributed by atoms with Gasteiger partial charge in [-0.05, 0) is 64.2 Å². The van der Waals surface area contributed by atoms with Crippen molar-refractivity contribution in [1.82, 2.24) is 0 Å². The molecule has 2 rings (SSSR count). The molecule has 2 aliphatic carbocycles. The van der Waals surface area contributed by atoms with Crippen LogP contribution in [0.25, 0.3) is 0 Å². The molecule has 2 saturated carbocycles. The van der Waals surface area contributed by atoms with Gasteiger partial charge in [-0.2, -0.15) is 0 Å². The van der Waals surface area contributed by atoms with Crippen molar-refractivity contribution in [1.29, 1.82) is 0.471 Å². The van der Waals surface area contributed by atoms with E-state index in [2.05, 4.69) is 0 Å². The molecule has 0 aliphatic heterocycles. The molecule has 0 N–H and O–H groups in total. The second-order valence-corrected chi connectivity index (χ2v) is 1.92. The van der Waals surface area contributed by atoms with Gasteiger partial charge < -0.3 is 0 Å². The van der Waals surface area contributed by atoms with Gasteiger partial charge in [-0.25, -0.2) is 0 Å². The summed E-state index contributed by atoms with van der Waals surface area (Å²) in [6.07, 6.45) is 20.0. The third-order valence-corrected chi connectivity index (χ3v) is 1.11. The van der Waals surface area contributed by atoms with Crippen molar-refractivity contribution in [2.45, 2.75) is 0 Å². The van der Waals surface area contributed by atoms with Crippen molar-refractivity contribution in [2.24, 2.45) is 0 Å². The molecular formula is C10H11ClZr. The van der Waals surface area contributed by atoms with E-state index in [0.29, 0.717) is 0 Å². The van der Waals surface area contributed by atoms with E-state index >= 15 is 0 Å². The van der Waals surface area contributed by atoms with Crippen LogP contribution in [0.2, 0.25) is 0 Å². The topological polar surface area (TPSA) is 0 Å². The second kappa shape index (κ2) is 12.2. The van der Waals surface area contributed by atoms with Gasteiger partial charge in [0.1, 0.15) is 0 Å². The first-order valence-electron chi connectivity index (χ1n) is 4.02. The van der Waals surface area contributed by atoms with Crippen molar-refractivity contribution in [3.63, 3.8) is 0 Å². The molecule has 0 unspecified atom stereocenters. The molecule has 0 saturated heterocycles. The van der Waals surface area contributed by atoms with Crippen LogP contribution in [0.5, 0.6) is 0 Å². The Morgan fingerprint density at radius 2 is 0.750 bits per heavy atom. The molecule has 0 aromatic heterocycles. The van der Waals surface area contributed by atoms with E-state index in [1.54, 1.807) is 0 Å². The van der Waals surface area contributed by atoms with Gasteiger partial charge >= 0.3 is 32.3 Å². The van der Waals surface area contributed by atoms with E-state index in [4.69, 9.17) is 8.98 Å². The predicted octanol–water partition coefficient (Wildman–Crippen LogP) is 2.46. The Hall–Kier alpha value is 1.17. The Balaban J connectivity index is 0.000000174. The molecule has 10 radical (unpaired) electrons. The summed E-state index contributed by atoms with van der Waals surface area (Å²) in [5.74, 6) is 0. The van der Waals surface area contributed by atoms with Gasteiger partial charge in [0.05, 0.1) is 0 Å². The largest absolute Gasteiger partial charge is 0.0312 e. The average molecular weight is 260 g/mol. The van der Waals surface area contributed by atoms with Crippen molar-refractivity contribution in [3.8, 4) is 0 Å². The molecule has 0 nitrogen and oxygen atoms in total. The molecule has 2 aliphatic rings. The van der Waals surface area contributed by atoms with Gasteiger partial charge in [-0.1, -0.05) is 0 Å². The molecule has 62 valence electrons. The third kappa shape index (κ3) is 9.26. The predicted molar refractivity (Wildman–Crippen MR) is 50.2 cm³/mol. The third-order valence-electron chi connectivity index (χ3n) is 1.11. The Morgan fingerprint density at radius 3 is 0.833 bits per heavy atom. The number of rotatable bonds is 0. The van der Waals surface area contributed by atoms with E-state index in [0.717, 1.165) is 0 Å². The minimum atomic E-state index is -1.05. The van der Waals surface area contributed by atoms with Gasteiger partial charge in [0.2, 0.25) is 0 Å². The van der Waals surface area contributed by atoms with Crippen molar-refractivity contribution < 1.29 is 23.3 Å². The summed E-state index contributed by atoms with van der Waals surface area (Å²) in [6.45, 7) is 0. The van der Waals surface area contributed by atoms with Crippen molar-refractivity contribution in [2.75, 3.05) is 0 Å². The fraction of sp³-hybridized carbons (Fsp3) is 0. The molecule has 12 heavy (non-hydrogen) atoms. The average Bonchev–Trinajstić information content (AvgIpc) is 2.85. The first kappa shape index (κ1) is 11.2. The van der Waals surface area contributed by atoms with Crippen LogP contribution in [0.15, 0.2) is 0 Å². The summed E-state index contributed by atoms with van der Waals surface area (Å²) >= 11 is -1.05. The number of halogens is 1. The van der Waals surface area contributed by atoms with Gasteiger partial charge in [-0.3, -0.25) is 0 Å². The molecule has 0 spiro atoms. The van der Waals surface area contributed by atoms with Gasteiger partial charge in [0.15, 0.2) is 0 Å². The Bertz CT molecular complexity index is 57.8. The zero-order valence-corrected chi connectivity index (χ0v) is 9.87. The second-order valence-electron chi connectivity index (χ2n) is 1.92. The van der Waals surface area contributed by atoms with Gasteiger partial charge in [0.25, 0.3) is 0 Å². The zero-order chi connectivity index (χ0) is 9.78. The van der Waals surface area contributed by atoms with Crippen LogP contribution in [0, 0.1) is 64.2 Å². The molecule has 0 aromatic carbocycles. The SMILES string of the molecule is [3H][Zr][Cl].[CH]1[CH][CH][CH][CH]1.[CH]1[CH][CH][CH][CH]1. The molecule has 0 heterocycles. The quantitative estimate of drug-likeness (QED) is 0.627. The fourth-order valence-corrected chi connectivity index (χ4v) is 0.642. The van der Waals surface area contributed by atoms with Crippen LogP contribution in [0.1, 0.15) is 0 Å². The van der Waals surface area contributed by atoms with Crippen LogP contribution in [-0.2, 0) is 23.3 Å². The summed E-state index contributed by atoms with van der Waals surface area (Å²) in [5, 5.41) is 0. The van der Waals surface area contributed by atoms with Crippen LogP contribution in [-0.4, -0.2) is 0.471 Å². The molecule has 2 heteroatoms. The molecule has 0 aromatic rings. The van der Waals surface area contributed by atoms with E-state index in [-0.39, 0.29) is 0 Å². The molecule has 0 atom stereocenters. The minimum absolute atomic E-state index is 1.05. The zero-order valence-electron chi connectivity index (χ0n) is 7.65. The summed E-state index contributed by atoms with van der Waals surface area (Å²) in [5.41, 5.74) is 0. The van der Waals surface area contributed by atoms with Crippen LogP contribution in [0.3, 0.4) is 0 Å². The van der Waals surface area contributed by atoms with E-state index in [1.165, 1.54) is 0 Å². The van der Waals surface area contributed by atoms with Crippen molar-refractivity contribution >= 4 is 8.51 Å². The molecular weight excluding hydrogens is 247 g/mol. The fourth-order valence-electron chi connectivity index (χ4n) is 0.642. The normalized spacial score (nSPS) is 21.2. The van der Waals surface area contributed by atoms with Crippen molar-refractivity contribution in [3.05, 3.63) is 64.2 Å². The minimum Gasteiger partial charge on any atom is -0.0312 e. The van der Waals surface area contributed by atoms with Crippen LogP contribution < -0.4 is 0 Å². The Morgan fingerprint density at radius 1 is 0.667 bits per heavy atom. The summed E-state index contributed by atoms with van der Waals surface area (Å²) in [7, 11) is 4.84. The maximum absolute atomic E-state index is 6.14. The van der Waals surface area contributed by atoms with E-state index in [9.17, 15) is 0 Å². The van der Waals surface area contributed by atoms with Gasteiger partial charge in [0, 0.05) is 0 Å².